The summed E-state index contributed by atoms with van der Waals surface area (Å²) in [6.07, 6.45) is 24.4. The molecule has 1 fully saturated rings. The molecule has 0 saturated heterocycles. The molecule has 36 heavy (non-hydrogen) atoms. The van der Waals surface area contributed by atoms with Gasteiger partial charge in [-0.3, -0.25) is 9.80 Å². The van der Waals surface area contributed by atoms with Gasteiger partial charge in [-0.25, -0.2) is 0 Å². The first-order chi connectivity index (χ1) is 17.5. The molecule has 2 aliphatic carbocycles. The zero-order chi connectivity index (χ0) is 27.0. The highest BCUT2D eigenvalue weighted by Crippen LogP contribution is 2.22. The predicted molar refractivity (Wildman–Crippen MR) is 153 cm³/mol. The fourth-order valence-corrected chi connectivity index (χ4v) is 4.20. The van der Waals surface area contributed by atoms with E-state index >= 15 is 0 Å². The molecule has 0 aromatic rings. The minimum absolute atomic E-state index is 0.277. The van der Waals surface area contributed by atoms with E-state index in [1.807, 2.05) is 33.0 Å². The number of hydrazone groups is 1. The number of rotatable bonds is 13. The summed E-state index contributed by atoms with van der Waals surface area (Å²) in [6, 6.07) is 0.450. The highest BCUT2D eigenvalue weighted by Gasteiger charge is 2.22. The summed E-state index contributed by atoms with van der Waals surface area (Å²) in [6.45, 7) is 7.80. The maximum atomic E-state index is 11.3. The lowest BCUT2D eigenvalue weighted by Gasteiger charge is -2.26. The summed E-state index contributed by atoms with van der Waals surface area (Å²) in [5, 5.41) is 9.51. The molecule has 1 saturated carbocycles. The summed E-state index contributed by atoms with van der Waals surface area (Å²) < 4.78 is 4.54. The Morgan fingerprint density at radius 3 is 2.39 bits per heavy atom. The van der Waals surface area contributed by atoms with Crippen LogP contribution in [-0.4, -0.2) is 63.7 Å². The van der Waals surface area contributed by atoms with Gasteiger partial charge in [0.15, 0.2) is 6.29 Å². The quantitative estimate of drug-likeness (QED) is 0.141. The first kappa shape index (κ1) is 34.0. The fourth-order valence-electron chi connectivity index (χ4n) is 4.20. The Morgan fingerprint density at radius 1 is 1.14 bits per heavy atom. The van der Waals surface area contributed by atoms with Crippen LogP contribution in [0.2, 0.25) is 0 Å². The molecule has 6 nitrogen and oxygen atoms in total. The van der Waals surface area contributed by atoms with E-state index in [2.05, 4.69) is 52.5 Å². The number of methoxy groups -OCH3 is 1. The van der Waals surface area contributed by atoms with Crippen LogP contribution in [0.25, 0.3) is 0 Å². The van der Waals surface area contributed by atoms with Gasteiger partial charge in [0.2, 0.25) is 0 Å². The lowest BCUT2D eigenvalue weighted by atomic mass is 9.86. The number of unbranched alkanes of at least 4 members (excludes halogenated alkanes) is 4. The molecule has 0 aromatic carbocycles. The van der Waals surface area contributed by atoms with Crippen LogP contribution in [0.5, 0.6) is 0 Å². The molecule has 1 N–H and O–H groups in total. The van der Waals surface area contributed by atoms with Crippen molar-refractivity contribution in [2.75, 3.05) is 34.4 Å². The van der Waals surface area contributed by atoms with Crippen LogP contribution >= 0.6 is 0 Å². The van der Waals surface area contributed by atoms with Crippen molar-refractivity contribution in [1.82, 2.24) is 10.3 Å². The van der Waals surface area contributed by atoms with E-state index < -0.39 is 0 Å². The molecule has 2 unspecified atom stereocenters. The second-order valence-electron chi connectivity index (χ2n) is 9.55. The Morgan fingerprint density at radius 2 is 1.86 bits per heavy atom. The fraction of sp³-hybridized carbons (Fsp3) is 0.700. The number of hydrogen-bond donors (Lipinski definition) is 1. The lowest BCUT2D eigenvalue weighted by molar-refractivity contribution is -0.112. The van der Waals surface area contributed by atoms with Crippen molar-refractivity contribution < 1.29 is 14.3 Å². The number of carbonyl (C=O) groups excluding carboxylic acids is 2. The van der Waals surface area contributed by atoms with Crippen molar-refractivity contribution in [2.45, 2.75) is 91.0 Å². The summed E-state index contributed by atoms with van der Waals surface area (Å²) in [5.41, 5.74) is 1.53. The van der Waals surface area contributed by atoms with Crippen molar-refractivity contribution in [3.8, 4) is 0 Å². The number of allylic oxidation sites excluding steroid dienone is 5. The number of hydrogen-bond acceptors (Lipinski definition) is 6. The number of carbonyl (C=O) groups is 2. The van der Waals surface area contributed by atoms with Crippen LogP contribution in [-0.2, 0) is 14.3 Å². The Labute approximate surface area is 221 Å². The second kappa shape index (κ2) is 23.4. The average Bonchev–Trinajstić information content (AvgIpc) is 2.92. The summed E-state index contributed by atoms with van der Waals surface area (Å²) in [7, 11) is 5.55. The zero-order valence-electron chi connectivity index (χ0n) is 23.9. The number of ether oxygens (including phenoxy) is 1. The molecule has 0 radical (unpaired) electrons. The van der Waals surface area contributed by atoms with E-state index in [-0.39, 0.29) is 5.92 Å². The van der Waals surface area contributed by atoms with E-state index in [1.165, 1.54) is 44.9 Å². The largest absolute Gasteiger partial charge is 0.385 e. The van der Waals surface area contributed by atoms with Gasteiger partial charge in [-0.05, 0) is 64.5 Å². The molecule has 3 atom stereocenters. The first-order valence-electron chi connectivity index (χ1n) is 13.8. The van der Waals surface area contributed by atoms with E-state index in [0.717, 1.165) is 50.6 Å². The van der Waals surface area contributed by atoms with Crippen LogP contribution in [0.15, 0.2) is 41.1 Å². The molecular formula is C30H53N3O3. The van der Waals surface area contributed by atoms with Crippen molar-refractivity contribution in [3.63, 3.8) is 0 Å². The van der Waals surface area contributed by atoms with Gasteiger partial charge in [0, 0.05) is 39.3 Å². The third-order valence-electron chi connectivity index (χ3n) is 6.52. The molecule has 2 aliphatic rings. The molecule has 0 heterocycles. The molecule has 0 spiro atoms. The highest BCUT2D eigenvalue weighted by atomic mass is 16.5. The highest BCUT2D eigenvalue weighted by molar-refractivity contribution is 6.35. The predicted octanol–water partition coefficient (Wildman–Crippen LogP) is 6.14. The topological polar surface area (TPSA) is 71.0 Å². The third kappa shape index (κ3) is 16.6. The number of nitrogens with zero attached hydrogens (tertiary/aromatic N) is 2. The normalized spacial score (nSPS) is 21.6. The van der Waals surface area contributed by atoms with Gasteiger partial charge in [-0.1, -0.05) is 69.4 Å². The minimum Gasteiger partial charge on any atom is -0.385 e. The maximum Gasteiger partial charge on any atom is 0.170 e. The van der Waals surface area contributed by atoms with Crippen LogP contribution < -0.4 is 5.32 Å². The van der Waals surface area contributed by atoms with Crippen LogP contribution in [0.4, 0.5) is 0 Å². The van der Waals surface area contributed by atoms with Gasteiger partial charge in [-0.15, -0.1) is 0 Å². The minimum atomic E-state index is 0.277. The Hall–Kier alpha value is -2.05. The lowest BCUT2D eigenvalue weighted by Crippen LogP contribution is -2.36. The van der Waals surface area contributed by atoms with Crippen LogP contribution in [0.1, 0.15) is 85.0 Å². The van der Waals surface area contributed by atoms with Crippen molar-refractivity contribution in [3.05, 3.63) is 36.0 Å². The number of aldehydes is 2. The molecule has 0 amide bonds. The van der Waals surface area contributed by atoms with E-state index in [4.69, 9.17) is 0 Å². The first-order valence-corrected chi connectivity index (χ1v) is 13.8. The van der Waals surface area contributed by atoms with Gasteiger partial charge in [0.25, 0.3) is 0 Å². The second-order valence-corrected chi connectivity index (χ2v) is 9.55. The van der Waals surface area contributed by atoms with Gasteiger partial charge in [-0.2, -0.15) is 5.10 Å². The summed E-state index contributed by atoms with van der Waals surface area (Å²) >= 11 is 0. The molecule has 2 rings (SSSR count). The van der Waals surface area contributed by atoms with Crippen LogP contribution in [0, 0.1) is 11.8 Å². The maximum absolute atomic E-state index is 11.3. The molecule has 0 aliphatic heterocycles. The molecule has 206 valence electrons. The smallest absolute Gasteiger partial charge is 0.170 e. The van der Waals surface area contributed by atoms with Crippen molar-refractivity contribution >= 4 is 18.3 Å². The summed E-state index contributed by atoms with van der Waals surface area (Å²) in [4.78, 5) is 21.8. The van der Waals surface area contributed by atoms with Gasteiger partial charge >= 0.3 is 0 Å². The average molecular weight is 504 g/mol. The number of nitrogens with one attached hydrogen (secondary N) is 1. The molecule has 0 aromatic heterocycles. The van der Waals surface area contributed by atoms with Crippen LogP contribution in [0.3, 0.4) is 0 Å². The zero-order valence-corrected chi connectivity index (χ0v) is 23.9. The SMILES string of the molecule is CCCCCC/C=C(C)/C(C=O)=N\N(C)CC1C=CC=CC1.CCOC.CNC1CCCC[C@H]1C=O. The summed E-state index contributed by atoms with van der Waals surface area (Å²) in [5.74, 6) is 0.753. The standard InChI is InChI=1S/C19H30N2O.C8H15NO.C3H8O/c1-4-5-6-7-9-12-17(2)19(16-22)20-21(3)15-18-13-10-8-11-14-18;1-9-8-5-3-2-4-7(8)6-10;1-3-4-2/h8,10-13,16,18H,4-7,9,14-15H2,1-3H3;6-9H,2-5H2,1H3;3H2,1-2H3/b17-12+,20-19-;;/t;7-,8?;/m.0./s1. The molecular weight excluding hydrogens is 450 g/mol. The van der Waals surface area contributed by atoms with Gasteiger partial charge < -0.3 is 14.8 Å². The molecule has 6 heteroatoms. The Kier molecular flexibility index (Phi) is 22.0. The monoisotopic (exact) mass is 503 g/mol. The van der Waals surface area contributed by atoms with E-state index in [0.29, 0.717) is 17.7 Å². The van der Waals surface area contributed by atoms with E-state index in [9.17, 15) is 9.59 Å². The van der Waals surface area contributed by atoms with Gasteiger partial charge in [0.1, 0.15) is 12.0 Å². The van der Waals surface area contributed by atoms with Gasteiger partial charge in [0.05, 0.1) is 0 Å². The third-order valence-corrected chi connectivity index (χ3v) is 6.52. The van der Waals surface area contributed by atoms with Crippen molar-refractivity contribution in [2.24, 2.45) is 16.9 Å². The molecule has 0 bridgehead atoms. The Balaban J connectivity index is 0.000000717. The van der Waals surface area contributed by atoms with E-state index in [1.54, 1.807) is 7.11 Å². The van der Waals surface area contributed by atoms with Crippen molar-refractivity contribution in [1.29, 1.82) is 0 Å². The Bertz CT molecular complexity index is 683.